The molecule has 7 aliphatic carbocycles. The van der Waals surface area contributed by atoms with Crippen molar-refractivity contribution in [2.45, 2.75) is 122 Å². The van der Waals surface area contributed by atoms with E-state index in [0.717, 1.165) is 64.7 Å². The van der Waals surface area contributed by atoms with Crippen LogP contribution < -0.4 is 0 Å². The number of ether oxygens (including phenoxy) is 1. The number of thiophene rings is 1. The summed E-state index contributed by atoms with van der Waals surface area (Å²) in [6.45, 7) is 7.44. The average molecular weight is 724 g/mol. The molecule has 6 nitrogen and oxygen atoms in total. The van der Waals surface area contributed by atoms with Gasteiger partial charge in [-0.25, -0.2) is 4.79 Å². The molecular weight excluding hydrogens is 667 g/mol. The number of allylic oxidation sites excluding steroid dienone is 2. The molecule has 1 aromatic heterocycles. The highest BCUT2D eigenvalue weighted by atomic mass is 32.1. The van der Waals surface area contributed by atoms with Crippen LogP contribution in [-0.2, 0) is 11.2 Å². The zero-order chi connectivity index (χ0) is 36.3. The molecule has 7 heteroatoms. The fraction of sp³-hybridized carbons (Fsp3) is 0.600. The van der Waals surface area contributed by atoms with Crippen molar-refractivity contribution in [1.82, 2.24) is 4.90 Å². The zero-order valence-electron chi connectivity index (χ0n) is 31.4. The van der Waals surface area contributed by atoms with E-state index in [-0.39, 0.29) is 29.8 Å². The van der Waals surface area contributed by atoms with Gasteiger partial charge in [-0.1, -0.05) is 48.9 Å². The third-order valence-electron chi connectivity index (χ3n) is 14.2. The first-order valence-corrected chi connectivity index (χ1v) is 20.9. The summed E-state index contributed by atoms with van der Waals surface area (Å²) < 4.78 is 6.83. The number of hydrogen-bond acceptors (Lipinski definition) is 6. The number of rotatable bonds is 7. The number of benzene rings is 2. The smallest absolute Gasteiger partial charge is 0.409 e. The van der Waals surface area contributed by atoms with E-state index in [4.69, 9.17) is 4.74 Å². The molecule has 0 spiro atoms. The van der Waals surface area contributed by atoms with Gasteiger partial charge in [0.2, 0.25) is 5.78 Å². The van der Waals surface area contributed by atoms with Crippen LogP contribution in [0.4, 0.5) is 4.79 Å². The number of aliphatic hydroxyl groups excluding tert-OH is 1. The third-order valence-corrected chi connectivity index (χ3v) is 15.4. The normalized spacial score (nSPS) is 34.2. The average Bonchev–Trinajstić information content (AvgIpc) is 3.64. The van der Waals surface area contributed by atoms with Crippen molar-refractivity contribution in [3.63, 3.8) is 0 Å². The molecule has 278 valence electrons. The predicted octanol–water partition coefficient (Wildman–Crippen LogP) is 9.85. The topological polar surface area (TPSA) is 87.1 Å². The number of ketones is 1. The van der Waals surface area contributed by atoms with Crippen LogP contribution in [0.1, 0.15) is 130 Å². The Morgan fingerprint density at radius 2 is 1.69 bits per heavy atom. The van der Waals surface area contributed by atoms with Gasteiger partial charge in [0.25, 0.3) is 0 Å². The van der Waals surface area contributed by atoms with E-state index < -0.39 is 17.1 Å². The van der Waals surface area contributed by atoms with Crippen molar-refractivity contribution in [3.8, 4) is 0 Å². The zero-order valence-corrected chi connectivity index (χ0v) is 32.2. The molecule has 4 unspecified atom stereocenters. The van der Waals surface area contributed by atoms with Crippen molar-refractivity contribution in [2.24, 2.45) is 28.6 Å². The predicted molar refractivity (Wildman–Crippen MR) is 208 cm³/mol. The van der Waals surface area contributed by atoms with Crippen LogP contribution >= 0.6 is 11.3 Å². The number of amides is 1. The summed E-state index contributed by atoms with van der Waals surface area (Å²) in [5.41, 5.74) is 2.19. The van der Waals surface area contributed by atoms with Gasteiger partial charge in [0.1, 0.15) is 0 Å². The summed E-state index contributed by atoms with van der Waals surface area (Å²) in [6.07, 6.45) is 13.8. The summed E-state index contributed by atoms with van der Waals surface area (Å²) in [5.74, 6) is 2.21. The van der Waals surface area contributed by atoms with E-state index in [9.17, 15) is 19.8 Å². The Balaban J connectivity index is 1.18. The molecule has 6 bridgehead atoms. The molecule has 2 aromatic carbocycles. The molecule has 7 aliphatic rings. The Kier molecular flexibility index (Phi) is 9.70. The molecule has 2 N–H and O–H groups in total. The molecule has 1 heterocycles. The van der Waals surface area contributed by atoms with E-state index in [1.165, 1.54) is 55.4 Å². The summed E-state index contributed by atoms with van der Waals surface area (Å²) in [5, 5.41) is 25.3. The van der Waals surface area contributed by atoms with Crippen molar-refractivity contribution in [2.75, 3.05) is 19.7 Å². The van der Waals surface area contributed by atoms with Gasteiger partial charge in [0, 0.05) is 22.2 Å². The van der Waals surface area contributed by atoms with Crippen LogP contribution in [0.2, 0.25) is 0 Å². The Bertz CT molecular complexity index is 1790. The van der Waals surface area contributed by atoms with Crippen LogP contribution in [0.25, 0.3) is 10.1 Å². The van der Waals surface area contributed by atoms with E-state index in [1.807, 2.05) is 36.1 Å². The van der Waals surface area contributed by atoms with Gasteiger partial charge >= 0.3 is 6.09 Å². The highest BCUT2D eigenvalue weighted by molar-refractivity contribution is 7.21. The molecule has 52 heavy (non-hydrogen) atoms. The SMILES string of the molecule is CCOC(=O)N(CC12CC3CC(CC(C3)C1)C2)CC1(O)CCC2c3ccc(cc3C(=O)c3cc4ccccc4s3)CC(O)CCC(C)=CCCC21C. The first kappa shape index (κ1) is 36.0. The second-order valence-electron chi connectivity index (χ2n) is 17.9. The minimum atomic E-state index is -1.17. The molecule has 3 aromatic rings. The minimum absolute atomic E-state index is 0.00290. The summed E-state index contributed by atoms with van der Waals surface area (Å²) in [7, 11) is 0. The minimum Gasteiger partial charge on any atom is -0.450 e. The lowest BCUT2D eigenvalue weighted by Crippen LogP contribution is -2.58. The molecule has 5 fully saturated rings. The first-order valence-electron chi connectivity index (χ1n) is 20.1. The van der Waals surface area contributed by atoms with Crippen LogP contribution in [0, 0.1) is 28.6 Å². The molecule has 0 radical (unpaired) electrons. The lowest BCUT2D eigenvalue weighted by molar-refractivity contribution is -0.103. The van der Waals surface area contributed by atoms with E-state index in [0.29, 0.717) is 42.9 Å². The maximum absolute atomic E-state index is 14.6. The summed E-state index contributed by atoms with van der Waals surface area (Å²) in [4.78, 5) is 31.2. The number of hydrogen-bond donors (Lipinski definition) is 2. The van der Waals surface area contributed by atoms with Crippen LogP contribution in [0.5, 0.6) is 0 Å². The Labute approximate surface area is 313 Å². The van der Waals surface area contributed by atoms with Crippen molar-refractivity contribution < 1.29 is 24.5 Å². The maximum Gasteiger partial charge on any atom is 0.409 e. The van der Waals surface area contributed by atoms with Crippen LogP contribution in [-0.4, -0.2) is 58.4 Å². The number of aliphatic hydroxyl groups is 2. The van der Waals surface area contributed by atoms with Crippen LogP contribution in [0.3, 0.4) is 0 Å². The van der Waals surface area contributed by atoms with E-state index in [2.05, 4.69) is 44.2 Å². The molecule has 5 saturated carbocycles. The maximum atomic E-state index is 14.6. The lowest BCUT2D eigenvalue weighted by atomic mass is 9.49. The summed E-state index contributed by atoms with van der Waals surface area (Å²) in [6, 6.07) is 16.4. The monoisotopic (exact) mass is 723 g/mol. The summed E-state index contributed by atoms with van der Waals surface area (Å²) >= 11 is 1.53. The van der Waals surface area contributed by atoms with E-state index in [1.54, 1.807) is 0 Å². The molecule has 1 amide bonds. The second-order valence-corrected chi connectivity index (χ2v) is 19.0. The second kappa shape index (κ2) is 14.0. The van der Waals surface area contributed by atoms with E-state index >= 15 is 0 Å². The molecule has 10 rings (SSSR count). The largest absolute Gasteiger partial charge is 0.450 e. The number of nitrogens with zero attached hydrogens (tertiary/aromatic N) is 1. The Morgan fingerprint density at radius 1 is 0.962 bits per heavy atom. The van der Waals surface area contributed by atoms with Gasteiger partial charge in [-0.15, -0.1) is 11.3 Å². The molecule has 4 atom stereocenters. The molecular formula is C45H57NO5S. The van der Waals surface area contributed by atoms with Crippen molar-refractivity contribution >= 4 is 33.3 Å². The van der Waals surface area contributed by atoms with Crippen molar-refractivity contribution in [3.05, 3.63) is 81.7 Å². The van der Waals surface area contributed by atoms with Gasteiger partial charge in [0.05, 0.1) is 29.7 Å². The highest BCUT2D eigenvalue weighted by Gasteiger charge is 2.59. The first-order chi connectivity index (χ1) is 25.0. The van der Waals surface area contributed by atoms with Gasteiger partial charge in [-0.2, -0.15) is 0 Å². The fourth-order valence-corrected chi connectivity index (χ4v) is 13.0. The van der Waals surface area contributed by atoms with Gasteiger partial charge in [-0.05, 0) is 161 Å². The van der Waals surface area contributed by atoms with Gasteiger partial charge < -0.3 is 19.8 Å². The number of fused-ring (bicyclic) bond motifs is 9. The lowest BCUT2D eigenvalue weighted by Gasteiger charge is -2.58. The Hall–Kier alpha value is -3.00. The van der Waals surface area contributed by atoms with Crippen molar-refractivity contribution in [1.29, 1.82) is 0 Å². The molecule has 0 aliphatic heterocycles. The number of carbonyl (C=O) groups excluding carboxylic acids is 2. The molecule has 0 saturated heterocycles. The fourth-order valence-electron chi connectivity index (χ4n) is 12.0. The van der Waals surface area contributed by atoms with Gasteiger partial charge in [0.15, 0.2) is 0 Å². The number of carbonyl (C=O) groups is 2. The highest BCUT2D eigenvalue weighted by Crippen LogP contribution is 2.62. The Morgan fingerprint density at radius 3 is 2.40 bits per heavy atom. The van der Waals surface area contributed by atoms with Crippen LogP contribution in [0.15, 0.2) is 60.2 Å². The quantitative estimate of drug-likeness (QED) is 0.187. The standard InChI is InChI=1S/C45H57NO5S/c1-4-51-42(49)46(27-44-24-31-18-32(25-44)20-33(19-31)26-44)28-45(50)17-15-38-36-14-12-30(21-35(47)13-11-29(2)8-7-16-43(38,45)3)22-37(36)41(48)40-23-34-9-5-6-10-39(34)52-40/h5-6,8-10,12,14,22-23,31-33,35,38,47,50H,4,7,11,13,15-21,24-28H2,1-3H3. The van der Waals surface area contributed by atoms with Gasteiger partial charge in [-0.3, -0.25) is 4.79 Å². The third kappa shape index (κ3) is 6.68.